The van der Waals surface area contributed by atoms with Crippen molar-refractivity contribution in [2.75, 3.05) is 14.2 Å². The molecule has 24 heavy (non-hydrogen) atoms. The van der Waals surface area contributed by atoms with Crippen LogP contribution in [0.5, 0.6) is 11.5 Å². The minimum Gasteiger partial charge on any atom is -0.496 e. The largest absolute Gasteiger partial charge is 0.496 e. The number of amides is 1. The molecule has 4 N–H and O–H groups in total. The van der Waals surface area contributed by atoms with Gasteiger partial charge in [0.1, 0.15) is 17.1 Å². The maximum Gasteiger partial charge on any atom is 0.409 e. The fraction of sp³-hybridized carbons (Fsp3) is 0.500. The number of methoxy groups -OCH3 is 2. The van der Waals surface area contributed by atoms with Gasteiger partial charge in [0.15, 0.2) is 7.85 Å². The fourth-order valence-electron chi connectivity index (χ4n) is 1.82. The maximum absolute atomic E-state index is 11.6. The molecule has 0 aromatic heterocycles. The third-order valence-corrected chi connectivity index (χ3v) is 3.64. The molecule has 1 unspecified atom stereocenters. The second-order valence-corrected chi connectivity index (χ2v) is 6.06. The molecule has 0 aliphatic carbocycles. The van der Waals surface area contributed by atoms with Crippen molar-refractivity contribution in [2.24, 2.45) is 0 Å². The first-order valence-corrected chi connectivity index (χ1v) is 7.62. The van der Waals surface area contributed by atoms with E-state index < -0.39 is 23.6 Å². The van der Waals surface area contributed by atoms with E-state index >= 15 is 0 Å². The van der Waals surface area contributed by atoms with Crippen LogP contribution in [0, 0.1) is 0 Å². The molecule has 1 aromatic carbocycles. The fourth-order valence-corrected chi connectivity index (χ4v) is 2.31. The molecular weight excluding hydrogens is 385 g/mol. The molecule has 132 valence electrons. The maximum atomic E-state index is 11.6. The number of hydrogen-bond donors (Lipinski definition) is 4. The molecule has 0 spiro atoms. The first kappa shape index (κ1) is 20.6. The molecule has 0 saturated carbocycles. The third-order valence-electron chi connectivity index (χ3n) is 3.02. The molecule has 1 amide bonds. The molecule has 2 radical (unpaired) electrons. The Morgan fingerprint density at radius 2 is 1.75 bits per heavy atom. The van der Waals surface area contributed by atoms with Crippen LogP contribution in [-0.2, 0) is 10.5 Å². The predicted molar refractivity (Wildman–Crippen MR) is 88.8 cm³/mol. The highest BCUT2D eigenvalue weighted by molar-refractivity contribution is 9.10. The summed E-state index contributed by atoms with van der Waals surface area (Å²) < 4.78 is 15.4. The van der Waals surface area contributed by atoms with Gasteiger partial charge in [0.2, 0.25) is 5.79 Å². The second kappa shape index (κ2) is 7.60. The average Bonchev–Trinajstić information content (AvgIpc) is 2.44. The number of ether oxygens (including phenoxy) is 3. The molecule has 0 saturated heterocycles. The predicted octanol–water partition coefficient (Wildman–Crippen LogP) is 0.553. The van der Waals surface area contributed by atoms with Crippen molar-refractivity contribution in [2.45, 2.75) is 31.4 Å². The standard InChI is InChI=1S/C14H19BBrNO7/c1-7(2)24-12(18)17-14(15,21)13(19,20)8-5-11(23-4)9(16)6-10(8)22-3/h5-7,19-21H,1-4H3,(H,17,18). The highest BCUT2D eigenvalue weighted by atomic mass is 79.9. The highest BCUT2D eigenvalue weighted by Gasteiger charge is 2.49. The van der Waals surface area contributed by atoms with E-state index in [1.165, 1.54) is 26.4 Å². The molecular formula is C14H19BBrNO7. The van der Waals surface area contributed by atoms with Gasteiger partial charge in [0.05, 0.1) is 30.4 Å². The molecule has 0 aliphatic heterocycles. The first-order valence-electron chi connectivity index (χ1n) is 6.83. The van der Waals surface area contributed by atoms with E-state index in [1.807, 2.05) is 0 Å². The average molecular weight is 404 g/mol. The Bertz CT molecular complexity index is 607. The van der Waals surface area contributed by atoms with Gasteiger partial charge < -0.3 is 29.5 Å². The van der Waals surface area contributed by atoms with E-state index in [1.54, 1.807) is 19.2 Å². The van der Waals surface area contributed by atoms with Crippen molar-refractivity contribution in [3.8, 4) is 11.5 Å². The quantitative estimate of drug-likeness (QED) is 0.404. The van der Waals surface area contributed by atoms with E-state index in [2.05, 4.69) is 15.9 Å². The summed E-state index contributed by atoms with van der Waals surface area (Å²) >= 11 is 3.22. The van der Waals surface area contributed by atoms with Crippen LogP contribution in [-0.4, -0.2) is 55.2 Å². The Balaban J connectivity index is 3.28. The monoisotopic (exact) mass is 403 g/mol. The van der Waals surface area contributed by atoms with Crippen molar-refractivity contribution >= 4 is 29.9 Å². The minimum absolute atomic E-state index is 0.0180. The van der Waals surface area contributed by atoms with Crippen molar-refractivity contribution < 1.29 is 34.3 Å². The Hall–Kier alpha value is -1.49. The van der Waals surface area contributed by atoms with Crippen molar-refractivity contribution in [3.63, 3.8) is 0 Å². The zero-order valence-corrected chi connectivity index (χ0v) is 15.2. The third kappa shape index (κ3) is 4.32. The van der Waals surface area contributed by atoms with Crippen LogP contribution < -0.4 is 14.8 Å². The van der Waals surface area contributed by atoms with Gasteiger partial charge in [-0.15, -0.1) is 0 Å². The van der Waals surface area contributed by atoms with Crippen molar-refractivity contribution in [1.82, 2.24) is 5.32 Å². The van der Waals surface area contributed by atoms with Crippen LogP contribution in [0.3, 0.4) is 0 Å². The molecule has 1 aromatic rings. The lowest BCUT2D eigenvalue weighted by molar-refractivity contribution is -0.260. The number of benzene rings is 1. The van der Waals surface area contributed by atoms with E-state index in [-0.39, 0.29) is 17.1 Å². The summed E-state index contributed by atoms with van der Waals surface area (Å²) in [4.78, 5) is 11.6. The molecule has 8 nitrogen and oxygen atoms in total. The lowest BCUT2D eigenvalue weighted by Crippen LogP contribution is -2.63. The lowest BCUT2D eigenvalue weighted by atomic mass is 9.79. The summed E-state index contributed by atoms with van der Waals surface area (Å²) in [5, 5.41) is 32.7. The van der Waals surface area contributed by atoms with Crippen molar-refractivity contribution in [1.29, 1.82) is 0 Å². The Kier molecular flexibility index (Phi) is 6.51. The first-order chi connectivity index (χ1) is 11.0. The van der Waals surface area contributed by atoms with E-state index in [4.69, 9.17) is 22.1 Å². The summed E-state index contributed by atoms with van der Waals surface area (Å²) in [6, 6.07) is 2.58. The summed E-state index contributed by atoms with van der Waals surface area (Å²) in [5.74, 6) is -2.92. The topological polar surface area (TPSA) is 117 Å². The van der Waals surface area contributed by atoms with Crippen molar-refractivity contribution in [3.05, 3.63) is 22.2 Å². The van der Waals surface area contributed by atoms with Crippen LogP contribution in [0.4, 0.5) is 4.79 Å². The summed E-state index contributed by atoms with van der Waals surface area (Å²) in [5.41, 5.74) is -3.31. The zero-order valence-electron chi connectivity index (χ0n) is 13.7. The van der Waals surface area contributed by atoms with Crippen LogP contribution in [0.25, 0.3) is 0 Å². The lowest BCUT2D eigenvalue weighted by Gasteiger charge is -2.38. The molecule has 0 bridgehead atoms. The number of hydrogen-bond acceptors (Lipinski definition) is 7. The number of carbonyl (C=O) groups is 1. The molecule has 1 rings (SSSR count). The number of nitrogens with one attached hydrogen (secondary N) is 1. The number of alkyl carbamates (subject to hydrolysis) is 1. The summed E-state index contributed by atoms with van der Waals surface area (Å²) in [7, 11) is 8.13. The van der Waals surface area contributed by atoms with E-state index in [0.717, 1.165) is 0 Å². The van der Waals surface area contributed by atoms with Gasteiger partial charge in [-0.2, -0.15) is 0 Å². The molecule has 1 atom stereocenters. The van der Waals surface area contributed by atoms with Crippen LogP contribution in [0.1, 0.15) is 19.4 Å². The second-order valence-electron chi connectivity index (χ2n) is 5.20. The van der Waals surface area contributed by atoms with Gasteiger partial charge in [-0.3, -0.25) is 5.32 Å². The van der Waals surface area contributed by atoms with E-state index in [9.17, 15) is 20.1 Å². The zero-order chi connectivity index (χ0) is 18.7. The number of aliphatic hydroxyl groups is 3. The molecule has 0 heterocycles. The van der Waals surface area contributed by atoms with Gasteiger partial charge in [0.25, 0.3) is 0 Å². The van der Waals surface area contributed by atoms with Gasteiger partial charge >= 0.3 is 6.09 Å². The van der Waals surface area contributed by atoms with Crippen LogP contribution in [0.2, 0.25) is 0 Å². The molecule has 10 heteroatoms. The Labute approximate surface area is 149 Å². The van der Waals surface area contributed by atoms with Gasteiger partial charge in [0, 0.05) is 0 Å². The van der Waals surface area contributed by atoms with Gasteiger partial charge in [-0.1, -0.05) is 0 Å². The molecule has 0 aliphatic rings. The Morgan fingerprint density at radius 1 is 1.21 bits per heavy atom. The number of rotatable bonds is 6. The normalized spacial score (nSPS) is 14.0. The molecule has 0 fully saturated rings. The van der Waals surface area contributed by atoms with Crippen LogP contribution in [0.15, 0.2) is 16.6 Å². The van der Waals surface area contributed by atoms with Crippen LogP contribution >= 0.6 is 15.9 Å². The Morgan fingerprint density at radius 3 is 2.21 bits per heavy atom. The number of carbonyl (C=O) groups excluding carboxylic acids is 1. The summed E-state index contributed by atoms with van der Waals surface area (Å²) in [6.45, 7) is 3.14. The smallest absolute Gasteiger partial charge is 0.409 e. The van der Waals surface area contributed by atoms with Gasteiger partial charge in [-0.25, -0.2) is 4.79 Å². The minimum atomic E-state index is -3.12. The van der Waals surface area contributed by atoms with E-state index in [0.29, 0.717) is 4.47 Å². The highest BCUT2D eigenvalue weighted by Crippen LogP contribution is 2.40. The summed E-state index contributed by atoms with van der Waals surface area (Å²) in [6.07, 6.45) is -1.64. The number of halogens is 1. The van der Waals surface area contributed by atoms with Gasteiger partial charge in [-0.05, 0) is 41.9 Å². The SMILES string of the molecule is [B]C(O)(NC(=O)OC(C)C)C(O)(O)c1cc(OC)c(Br)cc1OC.